The molecule has 0 aromatic carbocycles. The van der Waals surface area contributed by atoms with Gasteiger partial charge in [0.25, 0.3) is 0 Å². The van der Waals surface area contributed by atoms with E-state index in [1.807, 2.05) is 5.43 Å². The molecule has 14 heavy (non-hydrogen) atoms. The Morgan fingerprint density at radius 2 is 1.64 bits per heavy atom. The van der Waals surface area contributed by atoms with E-state index < -0.39 is 0 Å². The van der Waals surface area contributed by atoms with Gasteiger partial charge in [-0.2, -0.15) is 0 Å². The largest absolute Gasteiger partial charge is 0.337 e. The third-order valence-corrected chi connectivity index (χ3v) is 2.20. The number of carbonyl (C=O) groups excluding carboxylic acids is 1. The van der Waals surface area contributed by atoms with Gasteiger partial charge in [0.2, 0.25) is 0 Å². The number of amides is 2. The zero-order valence-corrected chi connectivity index (χ0v) is 9.14. The molecule has 0 fully saturated rings. The van der Waals surface area contributed by atoms with Gasteiger partial charge in [-0.25, -0.2) is 10.6 Å². The highest BCUT2D eigenvalue weighted by Crippen LogP contribution is 2.05. The number of rotatable bonds is 8. The van der Waals surface area contributed by atoms with Gasteiger partial charge in [0.15, 0.2) is 0 Å². The average Bonchev–Trinajstić information content (AvgIpc) is 2.21. The molecule has 0 spiro atoms. The zero-order valence-electron chi connectivity index (χ0n) is 9.14. The van der Waals surface area contributed by atoms with E-state index >= 15 is 0 Å². The lowest BCUT2D eigenvalue weighted by Gasteiger charge is -2.03. The van der Waals surface area contributed by atoms with E-state index in [0.29, 0.717) is 0 Å². The molecule has 4 nitrogen and oxygen atoms in total. The first-order valence-corrected chi connectivity index (χ1v) is 5.55. The maximum absolute atomic E-state index is 10.6. The SMILES string of the molecule is CCCCCCCCCNC(=O)NN. The maximum atomic E-state index is 10.6. The molecule has 0 radical (unpaired) electrons. The molecule has 0 unspecified atom stereocenters. The molecule has 0 saturated heterocycles. The Labute approximate surface area is 86.6 Å². The van der Waals surface area contributed by atoms with Crippen LogP contribution in [0.1, 0.15) is 51.9 Å². The van der Waals surface area contributed by atoms with Crippen molar-refractivity contribution in [2.24, 2.45) is 5.84 Å². The zero-order chi connectivity index (χ0) is 10.6. The molecule has 4 N–H and O–H groups in total. The van der Waals surface area contributed by atoms with Crippen molar-refractivity contribution in [1.82, 2.24) is 10.7 Å². The van der Waals surface area contributed by atoms with Crippen LogP contribution in [0.25, 0.3) is 0 Å². The van der Waals surface area contributed by atoms with Crippen LogP contribution in [0, 0.1) is 0 Å². The molecule has 0 aliphatic carbocycles. The van der Waals surface area contributed by atoms with Crippen molar-refractivity contribution >= 4 is 6.03 Å². The summed E-state index contributed by atoms with van der Waals surface area (Å²) < 4.78 is 0. The van der Waals surface area contributed by atoms with E-state index in [1.165, 1.54) is 38.5 Å². The number of nitrogens with two attached hydrogens (primary N) is 1. The van der Waals surface area contributed by atoms with Crippen LogP contribution in [0.3, 0.4) is 0 Å². The number of hydrogen-bond acceptors (Lipinski definition) is 2. The number of carbonyl (C=O) groups is 1. The summed E-state index contributed by atoms with van der Waals surface area (Å²) in [7, 11) is 0. The Hall–Kier alpha value is -0.770. The fraction of sp³-hybridized carbons (Fsp3) is 0.900. The van der Waals surface area contributed by atoms with Crippen LogP contribution in [0.2, 0.25) is 0 Å². The predicted molar refractivity (Wildman–Crippen MR) is 58.7 cm³/mol. The van der Waals surface area contributed by atoms with Crippen molar-refractivity contribution in [1.29, 1.82) is 0 Å². The molecule has 0 aliphatic heterocycles. The van der Waals surface area contributed by atoms with Crippen LogP contribution >= 0.6 is 0 Å². The number of nitrogens with one attached hydrogen (secondary N) is 2. The number of hydrogen-bond donors (Lipinski definition) is 3. The maximum Gasteiger partial charge on any atom is 0.328 e. The molecule has 0 rings (SSSR count). The summed E-state index contributed by atoms with van der Waals surface area (Å²) in [5.41, 5.74) is 2.03. The van der Waals surface area contributed by atoms with Crippen molar-refractivity contribution in [3.05, 3.63) is 0 Å². The van der Waals surface area contributed by atoms with Crippen molar-refractivity contribution < 1.29 is 4.79 Å². The number of urea groups is 1. The third-order valence-electron chi connectivity index (χ3n) is 2.20. The molecule has 0 aliphatic rings. The van der Waals surface area contributed by atoms with E-state index in [9.17, 15) is 4.79 Å². The van der Waals surface area contributed by atoms with Gasteiger partial charge >= 0.3 is 6.03 Å². The summed E-state index contributed by atoms with van der Waals surface area (Å²) >= 11 is 0. The molecule has 0 saturated carbocycles. The summed E-state index contributed by atoms with van der Waals surface area (Å²) in [5, 5.41) is 2.66. The van der Waals surface area contributed by atoms with E-state index in [4.69, 9.17) is 5.84 Å². The topological polar surface area (TPSA) is 67.2 Å². The molecular formula is C10H23N3O. The fourth-order valence-electron chi connectivity index (χ4n) is 1.34. The minimum Gasteiger partial charge on any atom is -0.337 e. The van der Waals surface area contributed by atoms with E-state index in [1.54, 1.807) is 0 Å². The van der Waals surface area contributed by atoms with E-state index in [0.717, 1.165) is 13.0 Å². The molecule has 84 valence electrons. The highest BCUT2D eigenvalue weighted by molar-refractivity contribution is 5.72. The van der Waals surface area contributed by atoms with Crippen LogP contribution in [0.15, 0.2) is 0 Å². The minimum atomic E-state index is -0.295. The van der Waals surface area contributed by atoms with Crippen molar-refractivity contribution in [2.75, 3.05) is 6.54 Å². The molecule has 0 heterocycles. The highest BCUT2D eigenvalue weighted by atomic mass is 16.2. The molecule has 0 bridgehead atoms. The Kier molecular flexibility index (Phi) is 9.74. The summed E-state index contributed by atoms with van der Waals surface area (Å²) in [6, 6.07) is -0.295. The third kappa shape index (κ3) is 9.32. The van der Waals surface area contributed by atoms with E-state index in [-0.39, 0.29) is 6.03 Å². The van der Waals surface area contributed by atoms with Crippen molar-refractivity contribution in [3.8, 4) is 0 Å². The summed E-state index contributed by atoms with van der Waals surface area (Å²) in [5.74, 6) is 4.91. The van der Waals surface area contributed by atoms with Crippen LogP contribution in [-0.2, 0) is 0 Å². The minimum absolute atomic E-state index is 0.295. The quantitative estimate of drug-likeness (QED) is 0.243. The van der Waals surface area contributed by atoms with Gasteiger partial charge in [-0.05, 0) is 6.42 Å². The molecule has 0 aromatic heterocycles. The van der Waals surface area contributed by atoms with Gasteiger partial charge < -0.3 is 5.32 Å². The monoisotopic (exact) mass is 201 g/mol. The number of unbranched alkanes of at least 4 members (excludes halogenated alkanes) is 6. The Balaban J connectivity index is 2.95. The molecular weight excluding hydrogens is 178 g/mol. The van der Waals surface area contributed by atoms with Gasteiger partial charge in [-0.3, -0.25) is 5.43 Å². The second kappa shape index (κ2) is 10.3. The fourth-order valence-corrected chi connectivity index (χ4v) is 1.34. The van der Waals surface area contributed by atoms with Gasteiger partial charge in [-0.15, -0.1) is 0 Å². The van der Waals surface area contributed by atoms with Gasteiger partial charge in [0, 0.05) is 6.54 Å². The molecule has 0 atom stereocenters. The standard InChI is InChI=1S/C10H23N3O/c1-2-3-4-5-6-7-8-9-12-10(14)13-11/h2-9,11H2,1H3,(H2,12,13,14). The second-order valence-electron chi connectivity index (χ2n) is 3.52. The molecule has 2 amide bonds. The van der Waals surface area contributed by atoms with Gasteiger partial charge in [-0.1, -0.05) is 45.4 Å². The van der Waals surface area contributed by atoms with Crippen LogP contribution in [0.5, 0.6) is 0 Å². The van der Waals surface area contributed by atoms with Crippen LogP contribution < -0.4 is 16.6 Å². The van der Waals surface area contributed by atoms with Gasteiger partial charge in [0.05, 0.1) is 0 Å². The Bertz CT molecular complexity index is 139. The van der Waals surface area contributed by atoms with E-state index in [2.05, 4.69) is 12.2 Å². The van der Waals surface area contributed by atoms with Crippen molar-refractivity contribution in [2.45, 2.75) is 51.9 Å². The van der Waals surface area contributed by atoms with Crippen LogP contribution in [0.4, 0.5) is 4.79 Å². The summed E-state index contributed by atoms with van der Waals surface area (Å²) in [6.07, 6.45) is 8.79. The first-order chi connectivity index (χ1) is 6.81. The number of hydrazine groups is 1. The Morgan fingerprint density at radius 1 is 1.07 bits per heavy atom. The second-order valence-corrected chi connectivity index (χ2v) is 3.52. The molecule has 0 aromatic rings. The first kappa shape index (κ1) is 13.2. The molecule has 4 heteroatoms. The lowest BCUT2D eigenvalue weighted by Crippen LogP contribution is -2.40. The summed E-state index contributed by atoms with van der Waals surface area (Å²) in [6.45, 7) is 2.94. The first-order valence-electron chi connectivity index (χ1n) is 5.55. The normalized spacial score (nSPS) is 9.86. The van der Waals surface area contributed by atoms with Crippen molar-refractivity contribution in [3.63, 3.8) is 0 Å². The summed E-state index contributed by atoms with van der Waals surface area (Å²) in [4.78, 5) is 10.6. The highest BCUT2D eigenvalue weighted by Gasteiger charge is 1.94. The van der Waals surface area contributed by atoms with Gasteiger partial charge in [0.1, 0.15) is 0 Å². The lowest BCUT2D eigenvalue weighted by atomic mass is 10.1. The average molecular weight is 201 g/mol. The smallest absolute Gasteiger partial charge is 0.328 e. The van der Waals surface area contributed by atoms with Crippen LogP contribution in [-0.4, -0.2) is 12.6 Å². The lowest BCUT2D eigenvalue weighted by molar-refractivity contribution is 0.241. The Morgan fingerprint density at radius 3 is 2.21 bits per heavy atom. The predicted octanol–water partition coefficient (Wildman–Crippen LogP) is 1.91.